The summed E-state index contributed by atoms with van der Waals surface area (Å²) < 4.78 is 6.22. The maximum Gasteiger partial charge on any atom is 0.412 e. The van der Waals surface area contributed by atoms with Crippen molar-refractivity contribution in [2.24, 2.45) is 0 Å². The summed E-state index contributed by atoms with van der Waals surface area (Å²) in [6.45, 7) is 0. The third kappa shape index (κ3) is 6.31. The lowest BCUT2D eigenvalue weighted by Gasteiger charge is -2.18. The van der Waals surface area contributed by atoms with Crippen molar-refractivity contribution in [3.05, 3.63) is 69.3 Å². The third-order valence-corrected chi connectivity index (χ3v) is 4.13. The van der Waals surface area contributed by atoms with Crippen LogP contribution in [0.5, 0.6) is 5.75 Å². The molecule has 0 bridgehead atoms. The van der Waals surface area contributed by atoms with E-state index in [4.69, 9.17) is 15.1 Å². The molecule has 0 saturated heterocycles. The normalized spacial score (nSPS) is 11.6. The van der Waals surface area contributed by atoms with Crippen molar-refractivity contribution in [1.82, 2.24) is 0 Å². The Labute approximate surface area is 169 Å². The number of hydrogen-bond donors (Lipinski definition) is 3. The van der Waals surface area contributed by atoms with Crippen LogP contribution in [0.1, 0.15) is 23.7 Å². The summed E-state index contributed by atoms with van der Waals surface area (Å²) in [5.41, 5.74) is 1.26. The molecular formula is C19H15IN2O5. The van der Waals surface area contributed by atoms with Gasteiger partial charge in [0.1, 0.15) is 11.9 Å². The van der Waals surface area contributed by atoms with E-state index in [1.807, 2.05) is 6.07 Å². The van der Waals surface area contributed by atoms with Gasteiger partial charge in [-0.3, -0.25) is 5.32 Å². The van der Waals surface area contributed by atoms with Crippen LogP contribution >= 0.6 is 22.6 Å². The van der Waals surface area contributed by atoms with Crippen LogP contribution in [0.4, 0.5) is 10.5 Å². The average Bonchev–Trinajstić information content (AvgIpc) is 2.63. The van der Waals surface area contributed by atoms with Crippen molar-refractivity contribution < 1.29 is 24.5 Å². The van der Waals surface area contributed by atoms with Gasteiger partial charge in [0.25, 0.3) is 0 Å². The number of halogens is 1. The number of anilines is 1. The van der Waals surface area contributed by atoms with E-state index in [0.717, 1.165) is 9.65 Å². The first-order chi connectivity index (χ1) is 12.9. The van der Waals surface area contributed by atoms with Gasteiger partial charge < -0.3 is 14.9 Å². The van der Waals surface area contributed by atoms with Gasteiger partial charge in [-0.05, 0) is 65.1 Å². The van der Waals surface area contributed by atoms with Crippen molar-refractivity contribution in [2.75, 3.05) is 5.32 Å². The molecule has 0 aromatic heterocycles. The lowest BCUT2D eigenvalue weighted by Crippen LogP contribution is -2.17. The molecule has 0 fully saturated rings. The van der Waals surface area contributed by atoms with Gasteiger partial charge in [0.05, 0.1) is 11.6 Å². The number of phenolic OH excluding ortho intramolecular Hbond substituents is 1. The standard InChI is InChI=1S/C19H15IN2O5/c20-13-6-9-16(23)15(10-13)17(2-1-3-18(24)25)27-19(26)22-14-7-4-12(11-21)5-8-14/h1,3-10,17,23H,2H2,(H,22,26)(H,24,25)/b3-1+/t17-/m1/s1. The van der Waals surface area contributed by atoms with Crippen LogP contribution in [-0.2, 0) is 9.53 Å². The molecule has 0 aliphatic heterocycles. The number of phenols is 1. The lowest BCUT2D eigenvalue weighted by atomic mass is 10.1. The first-order valence-electron chi connectivity index (χ1n) is 7.74. The quantitative estimate of drug-likeness (QED) is 0.423. The Morgan fingerprint density at radius 2 is 1.96 bits per heavy atom. The number of carbonyl (C=O) groups is 2. The van der Waals surface area contributed by atoms with E-state index in [1.165, 1.54) is 12.1 Å². The molecule has 0 aliphatic rings. The molecule has 8 heteroatoms. The van der Waals surface area contributed by atoms with E-state index >= 15 is 0 Å². The predicted molar refractivity (Wildman–Crippen MR) is 106 cm³/mol. The fourth-order valence-corrected chi connectivity index (χ4v) is 2.73. The van der Waals surface area contributed by atoms with Gasteiger partial charge >= 0.3 is 12.1 Å². The number of rotatable bonds is 6. The maximum absolute atomic E-state index is 12.2. The zero-order valence-electron chi connectivity index (χ0n) is 13.9. The van der Waals surface area contributed by atoms with Crippen LogP contribution in [0, 0.1) is 14.9 Å². The minimum absolute atomic E-state index is 0.0599. The smallest absolute Gasteiger partial charge is 0.412 e. The molecule has 138 valence electrons. The number of hydrogen-bond acceptors (Lipinski definition) is 5. The highest BCUT2D eigenvalue weighted by Gasteiger charge is 2.20. The van der Waals surface area contributed by atoms with Crippen molar-refractivity contribution in [1.29, 1.82) is 5.26 Å². The van der Waals surface area contributed by atoms with E-state index in [-0.39, 0.29) is 12.2 Å². The second-order valence-electron chi connectivity index (χ2n) is 5.39. The Morgan fingerprint density at radius 1 is 1.26 bits per heavy atom. The molecule has 3 N–H and O–H groups in total. The summed E-state index contributed by atoms with van der Waals surface area (Å²) in [5.74, 6) is -1.18. The molecule has 2 rings (SSSR count). The highest BCUT2D eigenvalue weighted by Crippen LogP contribution is 2.31. The molecule has 27 heavy (non-hydrogen) atoms. The van der Waals surface area contributed by atoms with E-state index < -0.39 is 18.2 Å². The number of carbonyl (C=O) groups excluding carboxylic acids is 1. The van der Waals surface area contributed by atoms with Crippen LogP contribution < -0.4 is 5.32 Å². The molecule has 0 heterocycles. The van der Waals surface area contributed by atoms with Crippen molar-refractivity contribution in [3.63, 3.8) is 0 Å². The number of carboxylic acids is 1. The van der Waals surface area contributed by atoms with Gasteiger partial charge in [-0.15, -0.1) is 0 Å². The van der Waals surface area contributed by atoms with Crippen LogP contribution in [-0.4, -0.2) is 22.3 Å². The van der Waals surface area contributed by atoms with E-state index in [2.05, 4.69) is 27.9 Å². The minimum Gasteiger partial charge on any atom is -0.508 e. The van der Waals surface area contributed by atoms with Gasteiger partial charge in [0.2, 0.25) is 0 Å². The summed E-state index contributed by atoms with van der Waals surface area (Å²) in [6, 6.07) is 13.0. The molecule has 2 aromatic carbocycles. The zero-order chi connectivity index (χ0) is 19.8. The Kier molecular flexibility index (Phi) is 7.19. The number of aromatic hydroxyl groups is 1. The second-order valence-corrected chi connectivity index (χ2v) is 6.63. The maximum atomic E-state index is 12.2. The molecular weight excluding hydrogens is 463 g/mol. The number of nitrogens with one attached hydrogen (secondary N) is 1. The number of aliphatic carboxylic acids is 1. The Bertz CT molecular complexity index is 903. The van der Waals surface area contributed by atoms with Gasteiger partial charge in [0.15, 0.2) is 0 Å². The topological polar surface area (TPSA) is 120 Å². The predicted octanol–water partition coefficient (Wildman–Crippen LogP) is 4.19. The number of nitrogens with zero attached hydrogens (tertiary/aromatic N) is 1. The van der Waals surface area contributed by atoms with Crippen LogP contribution in [0.25, 0.3) is 0 Å². The highest BCUT2D eigenvalue weighted by molar-refractivity contribution is 14.1. The Balaban J connectivity index is 2.16. The van der Waals surface area contributed by atoms with Crippen LogP contribution in [0.2, 0.25) is 0 Å². The van der Waals surface area contributed by atoms with Crippen molar-refractivity contribution >= 4 is 40.3 Å². The number of benzene rings is 2. The van der Waals surface area contributed by atoms with Gasteiger partial charge in [-0.1, -0.05) is 6.08 Å². The van der Waals surface area contributed by atoms with Crippen molar-refractivity contribution in [3.8, 4) is 11.8 Å². The summed E-state index contributed by atoms with van der Waals surface area (Å²) in [7, 11) is 0. The molecule has 0 aliphatic carbocycles. The molecule has 0 unspecified atom stereocenters. The average molecular weight is 478 g/mol. The fraction of sp³-hybridized carbons (Fsp3) is 0.105. The van der Waals surface area contributed by atoms with E-state index in [0.29, 0.717) is 16.8 Å². The highest BCUT2D eigenvalue weighted by atomic mass is 127. The number of ether oxygens (including phenoxy) is 1. The van der Waals surface area contributed by atoms with Gasteiger partial charge in [-0.2, -0.15) is 5.26 Å². The van der Waals surface area contributed by atoms with Crippen molar-refractivity contribution in [2.45, 2.75) is 12.5 Å². The third-order valence-electron chi connectivity index (χ3n) is 3.46. The summed E-state index contributed by atoms with van der Waals surface area (Å²) in [6.07, 6.45) is 0.711. The Hall–Kier alpha value is -3.06. The van der Waals surface area contributed by atoms with E-state index in [9.17, 15) is 14.7 Å². The summed E-state index contributed by atoms with van der Waals surface area (Å²) in [4.78, 5) is 22.9. The number of nitriles is 1. The SMILES string of the molecule is N#Cc1ccc(NC(=O)O[C@H](C/C=C/C(=O)O)c2cc(I)ccc2O)cc1. The van der Waals surface area contributed by atoms with Crippen LogP contribution in [0.15, 0.2) is 54.6 Å². The van der Waals surface area contributed by atoms with Gasteiger partial charge in [-0.25, -0.2) is 9.59 Å². The molecule has 0 saturated carbocycles. The number of carboxylic acid groups (broad SMARTS) is 1. The minimum atomic E-state index is -1.12. The summed E-state index contributed by atoms with van der Waals surface area (Å²) >= 11 is 2.06. The molecule has 0 radical (unpaired) electrons. The van der Waals surface area contributed by atoms with Gasteiger partial charge in [0, 0.05) is 27.3 Å². The molecule has 1 amide bonds. The molecule has 0 spiro atoms. The zero-order valence-corrected chi connectivity index (χ0v) is 16.1. The first-order valence-corrected chi connectivity index (χ1v) is 8.82. The number of amides is 1. The second kappa shape index (κ2) is 9.59. The van der Waals surface area contributed by atoms with E-state index in [1.54, 1.807) is 36.4 Å². The molecule has 2 aromatic rings. The fourth-order valence-electron chi connectivity index (χ4n) is 2.22. The van der Waals surface area contributed by atoms with Crippen LogP contribution in [0.3, 0.4) is 0 Å². The first kappa shape index (κ1) is 20.3. The largest absolute Gasteiger partial charge is 0.508 e. The molecule has 7 nitrogen and oxygen atoms in total. The Morgan fingerprint density at radius 3 is 2.59 bits per heavy atom. The summed E-state index contributed by atoms with van der Waals surface area (Å²) in [5, 5.41) is 30.1. The monoisotopic (exact) mass is 478 g/mol. The molecule has 1 atom stereocenters. The lowest BCUT2D eigenvalue weighted by molar-refractivity contribution is -0.131.